The zero-order chi connectivity index (χ0) is 24.5. The molecular formula is C25H30FN3O4S. The van der Waals surface area contributed by atoms with Crippen LogP contribution in [-0.4, -0.2) is 41.2 Å². The molecule has 1 aromatic carbocycles. The highest BCUT2D eigenvalue weighted by Crippen LogP contribution is 2.49. The second kappa shape index (κ2) is 7.95. The lowest BCUT2D eigenvalue weighted by Crippen LogP contribution is -2.42. The van der Waals surface area contributed by atoms with Crippen molar-refractivity contribution in [3.63, 3.8) is 0 Å². The number of carbonyl (C=O) groups excluding carboxylic acids is 1. The number of thiophene rings is 1. The van der Waals surface area contributed by atoms with Gasteiger partial charge in [-0.2, -0.15) is 0 Å². The number of nitrogens with two attached hydrogens (primary N) is 1. The number of hydrogen-bond acceptors (Lipinski definition) is 7. The minimum Gasteiger partial charge on any atom is -0.505 e. The molecule has 1 aliphatic heterocycles. The van der Waals surface area contributed by atoms with Crippen LogP contribution in [0, 0.1) is 11.7 Å². The minimum atomic E-state index is -0.543. The Labute approximate surface area is 200 Å². The highest BCUT2D eigenvalue weighted by atomic mass is 32.1. The van der Waals surface area contributed by atoms with Crippen LogP contribution in [0.25, 0.3) is 21.1 Å². The van der Waals surface area contributed by atoms with E-state index in [1.54, 1.807) is 6.92 Å². The molecule has 182 valence electrons. The molecule has 1 atom stereocenters. The number of anilines is 1. The maximum absolute atomic E-state index is 15.6. The van der Waals surface area contributed by atoms with Crippen LogP contribution in [0.3, 0.4) is 0 Å². The molecule has 1 saturated heterocycles. The predicted octanol–water partition coefficient (Wildman–Crippen LogP) is 4.56. The van der Waals surface area contributed by atoms with E-state index in [-0.39, 0.29) is 45.6 Å². The SMILES string of the molecule is CCC(=O)c1sc2c(c1O)c(=O)c1cc(F)c(N3CC[C@@H](C(C)(C)N)C3)c(OC)c1n2C1CC1. The molecule has 0 unspecified atom stereocenters. The van der Waals surface area contributed by atoms with E-state index >= 15 is 4.39 Å². The van der Waals surface area contributed by atoms with Gasteiger partial charge in [0.1, 0.15) is 20.8 Å². The van der Waals surface area contributed by atoms with Crippen molar-refractivity contribution in [2.45, 2.75) is 58.0 Å². The second-order valence-corrected chi connectivity index (χ2v) is 11.1. The number of hydrogen-bond donors (Lipinski definition) is 2. The number of aromatic hydroxyl groups is 1. The Morgan fingerprint density at radius 2 is 2.06 bits per heavy atom. The monoisotopic (exact) mass is 487 g/mol. The molecule has 2 aromatic heterocycles. The third-order valence-corrected chi connectivity index (χ3v) is 8.44. The summed E-state index contributed by atoms with van der Waals surface area (Å²) in [5, 5.41) is 11.1. The average molecular weight is 488 g/mol. The van der Waals surface area contributed by atoms with Crippen LogP contribution in [0.15, 0.2) is 10.9 Å². The van der Waals surface area contributed by atoms with Crippen molar-refractivity contribution < 1.29 is 19.0 Å². The van der Waals surface area contributed by atoms with Crippen molar-refractivity contribution in [2.75, 3.05) is 25.1 Å². The van der Waals surface area contributed by atoms with Gasteiger partial charge < -0.3 is 25.0 Å². The summed E-state index contributed by atoms with van der Waals surface area (Å²) in [6, 6.07) is 1.35. The maximum atomic E-state index is 15.6. The van der Waals surface area contributed by atoms with E-state index in [2.05, 4.69) is 0 Å². The minimum absolute atomic E-state index is 0.0847. The summed E-state index contributed by atoms with van der Waals surface area (Å²) in [5.74, 6) is -0.567. The summed E-state index contributed by atoms with van der Waals surface area (Å²) in [6.45, 7) is 6.90. The van der Waals surface area contributed by atoms with Gasteiger partial charge in [0.2, 0.25) is 5.43 Å². The Morgan fingerprint density at radius 1 is 1.35 bits per heavy atom. The van der Waals surface area contributed by atoms with Crippen molar-refractivity contribution in [1.82, 2.24) is 4.57 Å². The van der Waals surface area contributed by atoms with Gasteiger partial charge in [0.25, 0.3) is 0 Å². The molecule has 5 rings (SSSR count). The number of Topliss-reactive ketones (excluding diaryl/α,β-unsaturated/α-hetero) is 1. The first-order valence-corrected chi connectivity index (χ1v) is 12.6. The number of rotatable bonds is 6. The number of fused-ring (bicyclic) bond motifs is 2. The first-order valence-electron chi connectivity index (χ1n) is 11.8. The van der Waals surface area contributed by atoms with Crippen molar-refractivity contribution in [1.29, 1.82) is 0 Å². The van der Waals surface area contributed by atoms with E-state index in [0.29, 0.717) is 34.9 Å². The van der Waals surface area contributed by atoms with Crippen LogP contribution < -0.4 is 20.8 Å². The Hall–Kier alpha value is -2.65. The van der Waals surface area contributed by atoms with Crippen LogP contribution in [0.2, 0.25) is 0 Å². The van der Waals surface area contributed by atoms with Crippen LogP contribution in [0.1, 0.15) is 62.2 Å². The quantitative estimate of drug-likeness (QED) is 0.495. The number of halogens is 1. The number of nitrogens with zero attached hydrogens (tertiary/aromatic N) is 2. The highest BCUT2D eigenvalue weighted by Gasteiger charge is 2.37. The summed E-state index contributed by atoms with van der Waals surface area (Å²) < 4.78 is 23.4. The third-order valence-electron chi connectivity index (χ3n) is 7.23. The standard InChI is InChI=1S/C25H30FN3O4S/c1-5-16(30)23-21(32)17-20(31)14-10-15(26)19(28-9-8-12(11-28)25(2,3)27)22(33-4)18(14)29(13-6-7-13)24(17)34-23/h10,12-13,32H,5-9,11,27H2,1-4H3/t12-/m1/s1. The average Bonchev–Trinajstić information content (AvgIpc) is 3.38. The van der Waals surface area contributed by atoms with Gasteiger partial charge in [0.15, 0.2) is 23.1 Å². The van der Waals surface area contributed by atoms with Crippen molar-refractivity contribution in [3.8, 4) is 11.5 Å². The Kier molecular flexibility index (Phi) is 5.40. The highest BCUT2D eigenvalue weighted by molar-refractivity contribution is 7.21. The summed E-state index contributed by atoms with van der Waals surface area (Å²) >= 11 is 1.13. The Morgan fingerprint density at radius 3 is 2.62 bits per heavy atom. The maximum Gasteiger partial charge on any atom is 0.202 e. The zero-order valence-electron chi connectivity index (χ0n) is 19.9. The fraction of sp³-hybridized carbons (Fsp3) is 0.520. The van der Waals surface area contributed by atoms with Crippen molar-refractivity contribution >= 4 is 43.9 Å². The van der Waals surface area contributed by atoms with E-state index < -0.39 is 16.8 Å². The number of pyridine rings is 1. The lowest BCUT2D eigenvalue weighted by molar-refractivity contribution is 0.0990. The summed E-state index contributed by atoms with van der Waals surface area (Å²) in [4.78, 5) is 28.7. The van der Waals surface area contributed by atoms with Crippen molar-refractivity contribution in [2.24, 2.45) is 11.7 Å². The molecule has 34 heavy (non-hydrogen) atoms. The molecule has 0 spiro atoms. The molecule has 9 heteroatoms. The van der Waals surface area contributed by atoms with E-state index in [0.717, 1.165) is 30.6 Å². The molecule has 0 bridgehead atoms. The van der Waals surface area contributed by atoms with Gasteiger partial charge in [-0.15, -0.1) is 11.3 Å². The Bertz CT molecular complexity index is 1380. The molecule has 0 radical (unpaired) electrons. The van der Waals surface area contributed by atoms with Crippen LogP contribution in [-0.2, 0) is 0 Å². The normalized spacial score (nSPS) is 18.9. The zero-order valence-corrected chi connectivity index (χ0v) is 20.7. The van der Waals surface area contributed by atoms with E-state index in [1.807, 2.05) is 23.3 Å². The van der Waals surface area contributed by atoms with Crippen LogP contribution in [0.5, 0.6) is 11.5 Å². The molecule has 2 fully saturated rings. The first-order chi connectivity index (χ1) is 16.1. The number of carbonyl (C=O) groups is 1. The van der Waals surface area contributed by atoms with Gasteiger partial charge in [0.05, 0.1) is 18.0 Å². The molecule has 1 saturated carbocycles. The molecule has 0 amide bonds. The number of ketones is 1. The van der Waals surface area contributed by atoms with Gasteiger partial charge in [-0.25, -0.2) is 4.39 Å². The summed E-state index contributed by atoms with van der Waals surface area (Å²) in [6.07, 6.45) is 2.84. The summed E-state index contributed by atoms with van der Waals surface area (Å²) in [5.41, 5.74) is 6.31. The molecular weight excluding hydrogens is 457 g/mol. The molecule has 1 aliphatic carbocycles. The Balaban J connectivity index is 1.83. The van der Waals surface area contributed by atoms with Crippen molar-refractivity contribution in [3.05, 3.63) is 27.0 Å². The smallest absolute Gasteiger partial charge is 0.202 e. The third kappa shape index (κ3) is 3.40. The first kappa shape index (κ1) is 23.1. The van der Waals surface area contributed by atoms with Crippen LogP contribution in [0.4, 0.5) is 10.1 Å². The summed E-state index contributed by atoms with van der Waals surface area (Å²) in [7, 11) is 1.49. The number of benzene rings is 1. The van der Waals surface area contributed by atoms with Gasteiger partial charge in [0, 0.05) is 31.1 Å². The molecule has 2 aliphatic rings. The van der Waals surface area contributed by atoms with Gasteiger partial charge in [-0.1, -0.05) is 6.92 Å². The number of aromatic nitrogens is 1. The van der Waals surface area contributed by atoms with E-state index in [9.17, 15) is 14.7 Å². The van der Waals surface area contributed by atoms with Gasteiger partial charge >= 0.3 is 0 Å². The molecule has 3 N–H and O–H groups in total. The largest absolute Gasteiger partial charge is 0.505 e. The number of methoxy groups -OCH3 is 1. The van der Waals surface area contributed by atoms with Crippen LogP contribution >= 0.6 is 11.3 Å². The molecule has 7 nitrogen and oxygen atoms in total. The molecule has 3 heterocycles. The van der Waals surface area contributed by atoms with Gasteiger partial charge in [-0.05, 0) is 45.1 Å². The van der Waals surface area contributed by atoms with E-state index in [1.165, 1.54) is 13.2 Å². The lowest BCUT2D eigenvalue weighted by Gasteiger charge is -2.28. The topological polar surface area (TPSA) is 97.8 Å². The predicted molar refractivity (Wildman–Crippen MR) is 133 cm³/mol. The fourth-order valence-corrected chi connectivity index (χ4v) is 6.41. The fourth-order valence-electron chi connectivity index (χ4n) is 5.13. The van der Waals surface area contributed by atoms with Gasteiger partial charge in [-0.3, -0.25) is 9.59 Å². The number of ether oxygens (including phenoxy) is 1. The molecule has 3 aromatic rings. The lowest BCUT2D eigenvalue weighted by atomic mass is 9.88. The van der Waals surface area contributed by atoms with E-state index in [4.69, 9.17) is 10.5 Å². The second-order valence-electron chi connectivity index (χ2n) is 10.1.